The van der Waals surface area contributed by atoms with Gasteiger partial charge in [-0.15, -0.1) is 0 Å². The van der Waals surface area contributed by atoms with E-state index >= 15 is 0 Å². The van der Waals surface area contributed by atoms with E-state index in [0.717, 1.165) is 35.1 Å². The smallest absolute Gasteiger partial charge is 0.254 e. The highest BCUT2D eigenvalue weighted by Gasteiger charge is 2.32. The molecule has 0 aliphatic carbocycles. The van der Waals surface area contributed by atoms with Gasteiger partial charge in [0.2, 0.25) is 0 Å². The van der Waals surface area contributed by atoms with Crippen molar-refractivity contribution in [1.29, 1.82) is 0 Å². The number of likely N-dealkylation sites (tertiary alicyclic amines) is 1. The van der Waals surface area contributed by atoms with E-state index in [1.54, 1.807) is 17.0 Å². The highest BCUT2D eigenvalue weighted by Crippen LogP contribution is 2.36. The standard InChI is InChI=1S/C30H30ClN3O3/c1-18-4-5-22(14-24(18)16-27(35)23-7-9-28(31)32-17-23)29(36)34-12-10-20(11-13-34)21-6-8-25-26(15-21)19(2)33(3)30(25)37/h4-9,14-15,17,19-20H,10-13,16H2,1-3H3. The number of pyridine rings is 1. The fraction of sp³-hybridized carbons (Fsp3) is 0.333. The number of piperidine rings is 1. The Bertz CT molecular complexity index is 1380. The van der Waals surface area contributed by atoms with E-state index in [9.17, 15) is 14.4 Å². The van der Waals surface area contributed by atoms with Crippen LogP contribution >= 0.6 is 11.6 Å². The fourth-order valence-electron chi connectivity index (χ4n) is 5.36. The molecule has 0 radical (unpaired) electrons. The number of nitrogens with zero attached hydrogens (tertiary/aromatic N) is 3. The second kappa shape index (κ2) is 10.1. The maximum absolute atomic E-state index is 13.3. The van der Waals surface area contributed by atoms with Gasteiger partial charge in [-0.2, -0.15) is 0 Å². The summed E-state index contributed by atoms with van der Waals surface area (Å²) in [5, 5.41) is 0.345. The maximum Gasteiger partial charge on any atom is 0.254 e. The Kier molecular flexibility index (Phi) is 6.86. The lowest BCUT2D eigenvalue weighted by Crippen LogP contribution is -2.38. The topological polar surface area (TPSA) is 70.6 Å². The van der Waals surface area contributed by atoms with Crippen molar-refractivity contribution >= 4 is 29.2 Å². The SMILES string of the molecule is Cc1ccc(C(=O)N2CCC(c3ccc4c(c3)C(C)N(C)C4=O)CC2)cc1CC(=O)c1ccc(Cl)nc1. The van der Waals surface area contributed by atoms with Crippen LogP contribution in [0.1, 0.15) is 85.1 Å². The maximum atomic E-state index is 13.3. The lowest BCUT2D eigenvalue weighted by atomic mass is 9.87. The molecule has 190 valence electrons. The third kappa shape index (κ3) is 4.90. The Hall–Kier alpha value is -3.51. The average molecular weight is 516 g/mol. The van der Waals surface area contributed by atoms with E-state index in [0.29, 0.717) is 35.3 Å². The van der Waals surface area contributed by atoms with Crippen LogP contribution in [-0.4, -0.2) is 52.5 Å². The Balaban J connectivity index is 1.25. The molecular weight excluding hydrogens is 486 g/mol. The van der Waals surface area contributed by atoms with Gasteiger partial charge in [0.1, 0.15) is 5.15 Å². The van der Waals surface area contributed by atoms with Crippen molar-refractivity contribution in [2.45, 2.75) is 45.1 Å². The normalized spacial score (nSPS) is 17.7. The number of Topliss-reactive ketones (excluding diaryl/α,β-unsaturated/α-hetero) is 1. The summed E-state index contributed by atoms with van der Waals surface area (Å²) >= 11 is 5.83. The Labute approximate surface area is 222 Å². The van der Waals surface area contributed by atoms with Crippen molar-refractivity contribution in [2.24, 2.45) is 0 Å². The molecule has 0 bridgehead atoms. The number of ketones is 1. The van der Waals surface area contributed by atoms with Crippen LogP contribution in [0, 0.1) is 6.92 Å². The number of fused-ring (bicyclic) bond motifs is 1. The molecule has 0 spiro atoms. The molecule has 1 unspecified atom stereocenters. The summed E-state index contributed by atoms with van der Waals surface area (Å²) in [5.41, 5.74) is 6.06. The minimum absolute atomic E-state index is 0.00453. The van der Waals surface area contributed by atoms with Crippen LogP contribution in [0.4, 0.5) is 0 Å². The van der Waals surface area contributed by atoms with Gasteiger partial charge in [0, 0.05) is 49.4 Å². The number of carbonyl (C=O) groups excluding carboxylic acids is 3. The van der Waals surface area contributed by atoms with E-state index in [2.05, 4.69) is 24.0 Å². The summed E-state index contributed by atoms with van der Waals surface area (Å²) in [7, 11) is 1.85. The summed E-state index contributed by atoms with van der Waals surface area (Å²) < 4.78 is 0. The van der Waals surface area contributed by atoms with Crippen LogP contribution in [0.15, 0.2) is 54.7 Å². The van der Waals surface area contributed by atoms with Crippen molar-refractivity contribution in [3.05, 3.63) is 98.8 Å². The first-order valence-corrected chi connectivity index (χ1v) is 13.0. The van der Waals surface area contributed by atoms with Crippen LogP contribution in [0.25, 0.3) is 0 Å². The molecule has 2 aliphatic heterocycles. The molecule has 37 heavy (non-hydrogen) atoms. The van der Waals surface area contributed by atoms with Crippen molar-refractivity contribution in [2.75, 3.05) is 20.1 Å². The molecule has 0 N–H and O–H groups in total. The molecule has 2 amide bonds. The molecule has 6 nitrogen and oxygen atoms in total. The molecular formula is C30H30ClN3O3. The molecule has 2 aromatic carbocycles. The van der Waals surface area contributed by atoms with Gasteiger partial charge in [0.25, 0.3) is 11.8 Å². The fourth-order valence-corrected chi connectivity index (χ4v) is 5.47. The van der Waals surface area contributed by atoms with Gasteiger partial charge in [-0.3, -0.25) is 14.4 Å². The lowest BCUT2D eigenvalue weighted by Gasteiger charge is -2.32. The first-order chi connectivity index (χ1) is 17.7. The first-order valence-electron chi connectivity index (χ1n) is 12.7. The Morgan fingerprint density at radius 2 is 1.76 bits per heavy atom. The third-order valence-corrected chi connectivity index (χ3v) is 8.13. The van der Waals surface area contributed by atoms with Gasteiger partial charge in [-0.1, -0.05) is 29.8 Å². The monoisotopic (exact) mass is 515 g/mol. The van der Waals surface area contributed by atoms with Gasteiger partial charge in [0.05, 0.1) is 6.04 Å². The minimum atomic E-state index is -0.0609. The van der Waals surface area contributed by atoms with Crippen molar-refractivity contribution in [3.63, 3.8) is 0 Å². The van der Waals surface area contributed by atoms with Crippen LogP contribution < -0.4 is 0 Å². The molecule has 1 saturated heterocycles. The predicted molar refractivity (Wildman–Crippen MR) is 143 cm³/mol. The summed E-state index contributed by atoms with van der Waals surface area (Å²) in [6.07, 6.45) is 3.44. The molecule has 2 aliphatic rings. The zero-order chi connectivity index (χ0) is 26.3. The van der Waals surface area contributed by atoms with Crippen LogP contribution in [0.5, 0.6) is 0 Å². The number of halogens is 1. The number of aryl methyl sites for hydroxylation is 1. The number of hydrogen-bond donors (Lipinski definition) is 0. The molecule has 3 aromatic rings. The number of carbonyl (C=O) groups is 3. The number of benzene rings is 2. The lowest BCUT2D eigenvalue weighted by molar-refractivity contribution is 0.0711. The molecule has 5 rings (SSSR count). The van der Waals surface area contributed by atoms with E-state index in [4.69, 9.17) is 11.6 Å². The minimum Gasteiger partial charge on any atom is -0.339 e. The Morgan fingerprint density at radius 1 is 1.03 bits per heavy atom. The molecule has 7 heteroatoms. The average Bonchev–Trinajstić information content (AvgIpc) is 3.13. The summed E-state index contributed by atoms with van der Waals surface area (Å²) in [5.74, 6) is 0.379. The van der Waals surface area contributed by atoms with Gasteiger partial charge in [-0.25, -0.2) is 4.98 Å². The zero-order valence-corrected chi connectivity index (χ0v) is 22.1. The van der Waals surface area contributed by atoms with E-state index in [-0.39, 0.29) is 30.1 Å². The van der Waals surface area contributed by atoms with Crippen LogP contribution in [0.3, 0.4) is 0 Å². The number of rotatable bonds is 5. The molecule has 1 aromatic heterocycles. The third-order valence-electron chi connectivity index (χ3n) is 7.91. The van der Waals surface area contributed by atoms with Crippen LogP contribution in [0.2, 0.25) is 5.15 Å². The summed E-state index contributed by atoms with van der Waals surface area (Å²) in [6, 6.07) is 15.2. The molecule has 1 atom stereocenters. The van der Waals surface area contributed by atoms with Crippen molar-refractivity contribution in [1.82, 2.24) is 14.8 Å². The molecule has 3 heterocycles. The van der Waals surface area contributed by atoms with Gasteiger partial charge >= 0.3 is 0 Å². The second-order valence-electron chi connectivity index (χ2n) is 10.1. The Morgan fingerprint density at radius 3 is 2.46 bits per heavy atom. The largest absolute Gasteiger partial charge is 0.339 e. The molecule has 1 fully saturated rings. The van der Waals surface area contributed by atoms with Crippen molar-refractivity contribution in [3.8, 4) is 0 Å². The highest BCUT2D eigenvalue weighted by molar-refractivity contribution is 6.29. The quantitative estimate of drug-likeness (QED) is 0.326. The van der Waals surface area contributed by atoms with Crippen LogP contribution in [-0.2, 0) is 6.42 Å². The number of aromatic nitrogens is 1. The van der Waals surface area contributed by atoms with E-state index < -0.39 is 0 Å². The van der Waals surface area contributed by atoms with Gasteiger partial charge < -0.3 is 9.80 Å². The highest BCUT2D eigenvalue weighted by atomic mass is 35.5. The van der Waals surface area contributed by atoms with E-state index in [1.807, 2.05) is 43.1 Å². The van der Waals surface area contributed by atoms with Crippen molar-refractivity contribution < 1.29 is 14.4 Å². The summed E-state index contributed by atoms with van der Waals surface area (Å²) in [6.45, 7) is 5.36. The first kappa shape index (κ1) is 25.2. The molecule has 0 saturated carbocycles. The van der Waals surface area contributed by atoms with Gasteiger partial charge in [-0.05, 0) is 85.2 Å². The number of amides is 2. The predicted octanol–water partition coefficient (Wildman–Crippen LogP) is 5.64. The summed E-state index contributed by atoms with van der Waals surface area (Å²) in [4.78, 5) is 46.2. The van der Waals surface area contributed by atoms with Gasteiger partial charge in [0.15, 0.2) is 5.78 Å². The number of hydrogen-bond acceptors (Lipinski definition) is 4. The second-order valence-corrected chi connectivity index (χ2v) is 10.5. The van der Waals surface area contributed by atoms with E-state index in [1.165, 1.54) is 11.8 Å². The zero-order valence-electron chi connectivity index (χ0n) is 21.3.